The maximum atomic E-state index is 9.06. The molecule has 0 amide bonds. The van der Waals surface area contributed by atoms with Crippen LogP contribution in [0.5, 0.6) is 0 Å². The van der Waals surface area contributed by atoms with E-state index >= 15 is 0 Å². The Balaban J connectivity index is 2.20. The highest BCUT2D eigenvalue weighted by molar-refractivity contribution is 6.43. The Bertz CT molecular complexity index is 299. The Labute approximate surface area is 78.4 Å². The van der Waals surface area contributed by atoms with Gasteiger partial charge in [0, 0.05) is 0 Å². The summed E-state index contributed by atoms with van der Waals surface area (Å²) in [6, 6.07) is 8.23. The molecule has 13 heavy (non-hydrogen) atoms. The second kappa shape index (κ2) is 3.52. The Morgan fingerprint density at radius 3 is 2.54 bits per heavy atom. The lowest BCUT2D eigenvalue weighted by Crippen LogP contribution is -2.25. The topological polar surface area (TPSA) is 40.5 Å². The lowest BCUT2D eigenvalue weighted by atomic mass is 9.64. The summed E-state index contributed by atoms with van der Waals surface area (Å²) < 4.78 is 0. The molecule has 1 unspecified atom stereocenters. The summed E-state index contributed by atoms with van der Waals surface area (Å²) in [7, 11) is -1.16. The van der Waals surface area contributed by atoms with Crippen LogP contribution in [0.4, 0.5) is 0 Å². The Morgan fingerprint density at radius 2 is 1.85 bits per heavy atom. The van der Waals surface area contributed by atoms with Gasteiger partial charge >= 0.3 is 7.12 Å². The van der Waals surface area contributed by atoms with E-state index in [0.717, 1.165) is 19.3 Å². The Hall–Kier alpha value is -0.795. The van der Waals surface area contributed by atoms with Crippen LogP contribution in [-0.2, 0) is 12.8 Å². The number of aryl methyl sites for hydroxylation is 1. The molecule has 0 saturated heterocycles. The zero-order valence-corrected chi connectivity index (χ0v) is 7.48. The van der Waals surface area contributed by atoms with E-state index in [-0.39, 0.29) is 5.82 Å². The van der Waals surface area contributed by atoms with Gasteiger partial charge < -0.3 is 10.0 Å². The molecule has 1 atom stereocenters. The van der Waals surface area contributed by atoms with Gasteiger partial charge in [-0.25, -0.2) is 0 Å². The minimum absolute atomic E-state index is 0.0231. The summed E-state index contributed by atoms with van der Waals surface area (Å²) in [4.78, 5) is 0. The van der Waals surface area contributed by atoms with Crippen molar-refractivity contribution in [1.29, 1.82) is 0 Å². The minimum atomic E-state index is -1.16. The van der Waals surface area contributed by atoms with Crippen molar-refractivity contribution in [3.05, 3.63) is 35.4 Å². The fourth-order valence-electron chi connectivity index (χ4n) is 1.98. The van der Waals surface area contributed by atoms with E-state index in [4.69, 9.17) is 10.0 Å². The Morgan fingerprint density at radius 1 is 1.15 bits per heavy atom. The third kappa shape index (κ3) is 1.76. The molecular formula is C10H13BO2. The summed E-state index contributed by atoms with van der Waals surface area (Å²) >= 11 is 0. The fourth-order valence-corrected chi connectivity index (χ4v) is 1.98. The Kier molecular flexibility index (Phi) is 2.38. The number of hydrogen-bond acceptors (Lipinski definition) is 2. The first kappa shape index (κ1) is 8.79. The second-order valence-corrected chi connectivity index (χ2v) is 3.69. The molecule has 0 fully saturated rings. The second-order valence-electron chi connectivity index (χ2n) is 3.69. The van der Waals surface area contributed by atoms with Crippen LogP contribution in [0.1, 0.15) is 17.5 Å². The average molecular weight is 176 g/mol. The van der Waals surface area contributed by atoms with Crippen molar-refractivity contribution >= 4 is 7.12 Å². The molecule has 1 aromatic carbocycles. The van der Waals surface area contributed by atoms with Gasteiger partial charge in [0.15, 0.2) is 0 Å². The fraction of sp³-hybridized carbons (Fsp3) is 0.400. The van der Waals surface area contributed by atoms with Gasteiger partial charge in [-0.15, -0.1) is 0 Å². The van der Waals surface area contributed by atoms with Gasteiger partial charge in [0.1, 0.15) is 0 Å². The molecule has 0 aliphatic heterocycles. The van der Waals surface area contributed by atoms with Gasteiger partial charge in [-0.1, -0.05) is 24.3 Å². The predicted molar refractivity (Wildman–Crippen MR) is 52.4 cm³/mol. The van der Waals surface area contributed by atoms with Crippen LogP contribution in [0.2, 0.25) is 5.82 Å². The minimum Gasteiger partial charge on any atom is -0.427 e. The van der Waals surface area contributed by atoms with E-state index < -0.39 is 7.12 Å². The predicted octanol–water partition coefficient (Wildman–Crippen LogP) is 1.02. The summed E-state index contributed by atoms with van der Waals surface area (Å²) in [6.45, 7) is 0. The van der Waals surface area contributed by atoms with Crippen molar-refractivity contribution in [1.82, 2.24) is 0 Å². The van der Waals surface area contributed by atoms with Crippen LogP contribution in [0.3, 0.4) is 0 Å². The van der Waals surface area contributed by atoms with Crippen LogP contribution in [-0.4, -0.2) is 17.2 Å². The lowest BCUT2D eigenvalue weighted by Gasteiger charge is -2.23. The van der Waals surface area contributed by atoms with Crippen molar-refractivity contribution in [3.63, 3.8) is 0 Å². The standard InChI is InChI=1S/C10H13BO2/c12-11(13)10-6-5-8-3-1-2-4-9(8)7-10/h1-4,10,12-13H,5-7H2. The van der Waals surface area contributed by atoms with E-state index in [9.17, 15) is 0 Å². The van der Waals surface area contributed by atoms with Gasteiger partial charge in [-0.2, -0.15) is 0 Å². The molecule has 2 N–H and O–H groups in total. The third-order valence-electron chi connectivity index (χ3n) is 2.81. The molecule has 0 radical (unpaired) electrons. The zero-order valence-electron chi connectivity index (χ0n) is 7.48. The van der Waals surface area contributed by atoms with Crippen molar-refractivity contribution in [2.75, 3.05) is 0 Å². The van der Waals surface area contributed by atoms with Crippen LogP contribution in [0.25, 0.3) is 0 Å². The van der Waals surface area contributed by atoms with Crippen LogP contribution < -0.4 is 0 Å². The van der Waals surface area contributed by atoms with E-state index in [1.165, 1.54) is 11.1 Å². The molecule has 0 aromatic heterocycles. The summed E-state index contributed by atoms with van der Waals surface area (Å²) in [6.07, 6.45) is 2.65. The highest BCUT2D eigenvalue weighted by atomic mass is 16.4. The number of rotatable bonds is 1. The monoisotopic (exact) mass is 176 g/mol. The van der Waals surface area contributed by atoms with E-state index in [2.05, 4.69) is 12.1 Å². The first-order valence-electron chi connectivity index (χ1n) is 4.70. The number of fused-ring (bicyclic) bond motifs is 1. The molecule has 0 saturated carbocycles. The molecule has 0 heterocycles. The van der Waals surface area contributed by atoms with Crippen molar-refractivity contribution < 1.29 is 10.0 Å². The van der Waals surface area contributed by atoms with Crippen molar-refractivity contribution in [2.45, 2.75) is 25.1 Å². The average Bonchev–Trinajstić information content (AvgIpc) is 2.17. The highest BCUT2D eigenvalue weighted by Crippen LogP contribution is 2.29. The number of hydrogen-bond donors (Lipinski definition) is 2. The summed E-state index contributed by atoms with van der Waals surface area (Å²) in [5.41, 5.74) is 2.63. The van der Waals surface area contributed by atoms with Gasteiger partial charge in [0.2, 0.25) is 0 Å². The first-order chi connectivity index (χ1) is 6.27. The molecule has 1 aliphatic carbocycles. The van der Waals surface area contributed by atoms with Gasteiger partial charge in [0.25, 0.3) is 0 Å². The van der Waals surface area contributed by atoms with Crippen molar-refractivity contribution in [3.8, 4) is 0 Å². The third-order valence-corrected chi connectivity index (χ3v) is 2.81. The molecule has 1 aromatic rings. The summed E-state index contributed by atoms with van der Waals surface area (Å²) in [5.74, 6) is 0.0231. The molecule has 3 heteroatoms. The van der Waals surface area contributed by atoms with E-state index in [1.807, 2.05) is 12.1 Å². The molecular weight excluding hydrogens is 163 g/mol. The van der Waals surface area contributed by atoms with Gasteiger partial charge in [-0.05, 0) is 36.2 Å². The van der Waals surface area contributed by atoms with E-state index in [0.29, 0.717) is 0 Å². The number of benzene rings is 1. The van der Waals surface area contributed by atoms with Crippen LogP contribution >= 0.6 is 0 Å². The van der Waals surface area contributed by atoms with E-state index in [1.54, 1.807) is 0 Å². The molecule has 1 aliphatic rings. The van der Waals surface area contributed by atoms with Crippen LogP contribution in [0.15, 0.2) is 24.3 Å². The first-order valence-corrected chi connectivity index (χ1v) is 4.70. The molecule has 0 spiro atoms. The summed E-state index contributed by atoms with van der Waals surface area (Å²) in [5, 5.41) is 18.1. The molecule has 2 rings (SSSR count). The maximum Gasteiger partial charge on any atom is 0.455 e. The normalized spacial score (nSPS) is 20.9. The van der Waals surface area contributed by atoms with Gasteiger partial charge in [0.05, 0.1) is 0 Å². The molecule has 68 valence electrons. The SMILES string of the molecule is OB(O)C1CCc2ccccc2C1. The van der Waals surface area contributed by atoms with Crippen molar-refractivity contribution in [2.24, 2.45) is 0 Å². The highest BCUT2D eigenvalue weighted by Gasteiger charge is 2.27. The lowest BCUT2D eigenvalue weighted by molar-refractivity contribution is 0.374. The maximum absolute atomic E-state index is 9.06. The zero-order chi connectivity index (χ0) is 9.26. The molecule has 2 nitrogen and oxygen atoms in total. The van der Waals surface area contributed by atoms with Crippen LogP contribution in [0, 0.1) is 0 Å². The quantitative estimate of drug-likeness (QED) is 0.627. The smallest absolute Gasteiger partial charge is 0.427 e. The van der Waals surface area contributed by atoms with Gasteiger partial charge in [-0.3, -0.25) is 0 Å². The molecule has 0 bridgehead atoms. The largest absolute Gasteiger partial charge is 0.455 e.